The standard InChI is InChI=1S/C22H26N4O/c1-15-10-12-19(13-11-15)24-22(4,18-8-6-5-7-9-18)21(27)23-14-20-16(2)25-26-17(20)3/h5-13,24H,14H2,1-4H3,(H,23,27)(H,25,26)/t22-/m0/s1. The number of nitrogens with zero attached hydrogens (tertiary/aromatic N) is 1. The maximum Gasteiger partial charge on any atom is 0.250 e. The number of hydrogen-bond donors (Lipinski definition) is 3. The molecule has 1 amide bonds. The lowest BCUT2D eigenvalue weighted by atomic mass is 9.90. The van der Waals surface area contributed by atoms with Crippen LogP contribution in [0.25, 0.3) is 0 Å². The van der Waals surface area contributed by atoms with Gasteiger partial charge in [-0.3, -0.25) is 9.89 Å². The number of aryl methyl sites for hydroxylation is 3. The number of nitrogens with one attached hydrogen (secondary N) is 3. The van der Waals surface area contributed by atoms with Gasteiger partial charge in [0, 0.05) is 23.5 Å². The van der Waals surface area contributed by atoms with Crippen molar-refractivity contribution in [1.82, 2.24) is 15.5 Å². The Morgan fingerprint density at radius 2 is 1.70 bits per heavy atom. The van der Waals surface area contributed by atoms with Crippen molar-refractivity contribution in [3.63, 3.8) is 0 Å². The van der Waals surface area contributed by atoms with Crippen LogP contribution in [-0.2, 0) is 16.9 Å². The average molecular weight is 362 g/mol. The lowest BCUT2D eigenvalue weighted by Crippen LogP contribution is -2.47. The SMILES string of the molecule is Cc1ccc(N[C@](C)(C(=O)NCc2c(C)n[nH]c2C)c2ccccc2)cc1. The van der Waals surface area contributed by atoms with E-state index < -0.39 is 5.54 Å². The van der Waals surface area contributed by atoms with Crippen LogP contribution in [0.4, 0.5) is 5.69 Å². The quantitative estimate of drug-likeness (QED) is 0.621. The van der Waals surface area contributed by atoms with Crippen molar-refractivity contribution in [2.24, 2.45) is 0 Å². The molecule has 0 saturated heterocycles. The van der Waals surface area contributed by atoms with Crippen molar-refractivity contribution in [2.75, 3.05) is 5.32 Å². The molecule has 0 bridgehead atoms. The summed E-state index contributed by atoms with van der Waals surface area (Å²) in [6, 6.07) is 17.8. The van der Waals surface area contributed by atoms with Crippen LogP contribution in [0.3, 0.4) is 0 Å². The number of benzene rings is 2. The minimum absolute atomic E-state index is 0.0886. The molecule has 1 heterocycles. The second kappa shape index (κ2) is 7.66. The van der Waals surface area contributed by atoms with Gasteiger partial charge in [-0.05, 0) is 45.4 Å². The average Bonchev–Trinajstić information content (AvgIpc) is 3.00. The minimum atomic E-state index is -0.901. The fraction of sp³-hybridized carbons (Fsp3) is 0.273. The Morgan fingerprint density at radius 1 is 1.04 bits per heavy atom. The third-order valence-corrected chi connectivity index (χ3v) is 4.96. The molecule has 140 valence electrons. The molecule has 3 rings (SSSR count). The van der Waals surface area contributed by atoms with E-state index in [4.69, 9.17) is 0 Å². The highest BCUT2D eigenvalue weighted by molar-refractivity contribution is 5.90. The molecule has 0 unspecified atom stereocenters. The molecule has 1 aromatic heterocycles. The van der Waals surface area contributed by atoms with E-state index >= 15 is 0 Å². The predicted molar refractivity (Wildman–Crippen MR) is 109 cm³/mol. The van der Waals surface area contributed by atoms with Gasteiger partial charge in [-0.25, -0.2) is 0 Å². The van der Waals surface area contributed by atoms with E-state index in [-0.39, 0.29) is 5.91 Å². The maximum absolute atomic E-state index is 13.3. The summed E-state index contributed by atoms with van der Waals surface area (Å²) in [7, 11) is 0. The van der Waals surface area contributed by atoms with Crippen LogP contribution < -0.4 is 10.6 Å². The number of H-pyrrole nitrogens is 1. The molecular weight excluding hydrogens is 336 g/mol. The number of anilines is 1. The van der Waals surface area contributed by atoms with Gasteiger partial charge in [-0.1, -0.05) is 48.0 Å². The first-order chi connectivity index (χ1) is 12.9. The molecule has 2 aromatic carbocycles. The predicted octanol–water partition coefficient (Wildman–Crippen LogP) is 3.98. The second-order valence-corrected chi connectivity index (χ2v) is 7.08. The topological polar surface area (TPSA) is 69.8 Å². The first-order valence-corrected chi connectivity index (χ1v) is 9.09. The van der Waals surface area contributed by atoms with Crippen LogP contribution in [0.1, 0.15) is 35.0 Å². The van der Waals surface area contributed by atoms with Gasteiger partial charge in [0.25, 0.3) is 0 Å². The zero-order valence-electron chi connectivity index (χ0n) is 16.3. The van der Waals surface area contributed by atoms with Gasteiger partial charge in [0.05, 0.1) is 5.69 Å². The molecule has 0 aliphatic carbocycles. The van der Waals surface area contributed by atoms with E-state index in [2.05, 4.69) is 20.8 Å². The Kier molecular flexibility index (Phi) is 5.31. The molecule has 0 fully saturated rings. The van der Waals surface area contributed by atoms with Gasteiger partial charge >= 0.3 is 0 Å². The van der Waals surface area contributed by atoms with Crippen molar-refractivity contribution >= 4 is 11.6 Å². The van der Waals surface area contributed by atoms with E-state index in [1.54, 1.807) is 0 Å². The molecule has 5 heteroatoms. The zero-order valence-corrected chi connectivity index (χ0v) is 16.3. The summed E-state index contributed by atoms with van der Waals surface area (Å²) in [6.45, 7) is 8.29. The van der Waals surface area contributed by atoms with Crippen LogP contribution in [0.2, 0.25) is 0 Å². The van der Waals surface area contributed by atoms with Gasteiger partial charge < -0.3 is 10.6 Å². The van der Waals surface area contributed by atoms with E-state index in [1.807, 2.05) is 82.3 Å². The molecule has 3 aromatic rings. The second-order valence-electron chi connectivity index (χ2n) is 7.08. The maximum atomic E-state index is 13.3. The van der Waals surface area contributed by atoms with Gasteiger partial charge in [0.1, 0.15) is 5.54 Å². The Labute approximate surface area is 160 Å². The van der Waals surface area contributed by atoms with E-state index in [0.29, 0.717) is 6.54 Å². The number of aromatic amines is 1. The summed E-state index contributed by atoms with van der Waals surface area (Å²) < 4.78 is 0. The van der Waals surface area contributed by atoms with Crippen molar-refractivity contribution < 1.29 is 4.79 Å². The molecule has 1 atom stereocenters. The normalized spacial score (nSPS) is 13.0. The largest absolute Gasteiger partial charge is 0.368 e. The van der Waals surface area contributed by atoms with Crippen LogP contribution in [-0.4, -0.2) is 16.1 Å². The molecule has 5 nitrogen and oxygen atoms in total. The van der Waals surface area contributed by atoms with Crippen molar-refractivity contribution in [3.8, 4) is 0 Å². The van der Waals surface area contributed by atoms with Gasteiger partial charge in [0.15, 0.2) is 0 Å². The molecule has 0 radical (unpaired) electrons. The minimum Gasteiger partial charge on any atom is -0.368 e. The first kappa shape index (κ1) is 18.7. The summed E-state index contributed by atoms with van der Waals surface area (Å²) in [5, 5.41) is 13.7. The highest BCUT2D eigenvalue weighted by Crippen LogP contribution is 2.27. The molecule has 0 aliphatic rings. The van der Waals surface area contributed by atoms with E-state index in [9.17, 15) is 4.79 Å². The Balaban J connectivity index is 1.87. The molecule has 0 aliphatic heterocycles. The first-order valence-electron chi connectivity index (χ1n) is 9.09. The lowest BCUT2D eigenvalue weighted by molar-refractivity contribution is -0.125. The number of hydrogen-bond acceptors (Lipinski definition) is 3. The summed E-state index contributed by atoms with van der Waals surface area (Å²) in [5.41, 5.74) is 4.98. The zero-order chi connectivity index (χ0) is 19.4. The van der Waals surface area contributed by atoms with Gasteiger partial charge in [-0.2, -0.15) is 5.10 Å². The fourth-order valence-electron chi connectivity index (χ4n) is 3.14. The van der Waals surface area contributed by atoms with Crippen molar-refractivity contribution in [3.05, 3.63) is 82.7 Å². The number of amides is 1. The smallest absolute Gasteiger partial charge is 0.250 e. The van der Waals surface area contributed by atoms with Crippen molar-refractivity contribution in [1.29, 1.82) is 0 Å². The summed E-state index contributed by atoms with van der Waals surface area (Å²) in [6.07, 6.45) is 0. The van der Waals surface area contributed by atoms with Gasteiger partial charge in [-0.15, -0.1) is 0 Å². The molecule has 0 spiro atoms. The summed E-state index contributed by atoms with van der Waals surface area (Å²) in [4.78, 5) is 13.3. The molecule has 0 saturated carbocycles. The number of rotatable bonds is 6. The third-order valence-electron chi connectivity index (χ3n) is 4.96. The van der Waals surface area contributed by atoms with Gasteiger partial charge in [0.2, 0.25) is 5.91 Å². The summed E-state index contributed by atoms with van der Waals surface area (Å²) >= 11 is 0. The monoisotopic (exact) mass is 362 g/mol. The molecular formula is C22H26N4O. The Bertz CT molecular complexity index is 896. The Hall–Kier alpha value is -3.08. The highest BCUT2D eigenvalue weighted by atomic mass is 16.2. The third kappa shape index (κ3) is 4.03. The number of carbonyl (C=O) groups is 1. The highest BCUT2D eigenvalue weighted by Gasteiger charge is 2.35. The van der Waals surface area contributed by atoms with Crippen LogP contribution in [0.5, 0.6) is 0 Å². The van der Waals surface area contributed by atoms with E-state index in [1.165, 1.54) is 5.56 Å². The van der Waals surface area contributed by atoms with Crippen LogP contribution >= 0.6 is 0 Å². The van der Waals surface area contributed by atoms with Crippen LogP contribution in [0.15, 0.2) is 54.6 Å². The number of aromatic nitrogens is 2. The lowest BCUT2D eigenvalue weighted by Gasteiger charge is -2.31. The van der Waals surface area contributed by atoms with Crippen LogP contribution in [0, 0.1) is 20.8 Å². The van der Waals surface area contributed by atoms with E-state index in [0.717, 1.165) is 28.2 Å². The van der Waals surface area contributed by atoms with Crippen molar-refractivity contribution in [2.45, 2.75) is 39.8 Å². The molecule has 27 heavy (non-hydrogen) atoms. The Morgan fingerprint density at radius 3 is 2.30 bits per heavy atom. The summed E-state index contributed by atoms with van der Waals surface area (Å²) in [5.74, 6) is -0.0886. The number of carbonyl (C=O) groups excluding carboxylic acids is 1. The molecule has 3 N–H and O–H groups in total. The fourth-order valence-corrected chi connectivity index (χ4v) is 3.14.